The van der Waals surface area contributed by atoms with Crippen molar-refractivity contribution in [1.29, 1.82) is 0 Å². The van der Waals surface area contributed by atoms with E-state index in [4.69, 9.17) is 0 Å². The second-order valence-corrected chi connectivity index (χ2v) is 6.66. The third-order valence-corrected chi connectivity index (χ3v) is 4.81. The van der Waals surface area contributed by atoms with Crippen LogP contribution in [0.3, 0.4) is 0 Å². The van der Waals surface area contributed by atoms with Crippen LogP contribution in [-0.4, -0.2) is 11.5 Å². The molecule has 1 fully saturated rings. The third-order valence-electron chi connectivity index (χ3n) is 4.81. The largest absolute Gasteiger partial charge is 0.313 e. The van der Waals surface area contributed by atoms with Crippen LogP contribution in [0.2, 0.25) is 0 Å². The molecule has 0 bridgehead atoms. The molecule has 1 aromatic carbocycles. The Bertz CT molecular complexity index is 579. The van der Waals surface area contributed by atoms with Gasteiger partial charge in [-0.25, -0.2) is 0 Å². The minimum Gasteiger partial charge on any atom is -0.313 e. The number of benzene rings is 1. The molecule has 21 heavy (non-hydrogen) atoms. The van der Waals surface area contributed by atoms with Gasteiger partial charge in [0, 0.05) is 24.3 Å². The van der Waals surface area contributed by atoms with Crippen LogP contribution in [0.4, 0.5) is 0 Å². The predicted molar refractivity (Wildman–Crippen MR) is 89.2 cm³/mol. The van der Waals surface area contributed by atoms with Gasteiger partial charge < -0.3 is 5.32 Å². The molecule has 2 heteroatoms. The van der Waals surface area contributed by atoms with Gasteiger partial charge in [-0.1, -0.05) is 38.3 Å². The number of hydrogen-bond donors (Lipinski definition) is 1. The van der Waals surface area contributed by atoms with E-state index >= 15 is 0 Å². The van der Waals surface area contributed by atoms with Gasteiger partial charge in [-0.15, -0.1) is 0 Å². The van der Waals surface area contributed by atoms with E-state index in [0.717, 1.165) is 24.9 Å². The van der Waals surface area contributed by atoms with Crippen molar-refractivity contribution in [2.75, 3.05) is 6.54 Å². The van der Waals surface area contributed by atoms with Crippen molar-refractivity contribution in [2.45, 2.75) is 45.6 Å². The van der Waals surface area contributed by atoms with Gasteiger partial charge in [-0.2, -0.15) is 0 Å². The highest BCUT2D eigenvalue weighted by molar-refractivity contribution is 5.81. The van der Waals surface area contributed by atoms with Crippen molar-refractivity contribution in [2.24, 2.45) is 11.8 Å². The maximum atomic E-state index is 4.16. The zero-order valence-electron chi connectivity index (χ0n) is 13.0. The van der Waals surface area contributed by atoms with Crippen LogP contribution in [0, 0.1) is 11.8 Å². The molecule has 0 spiro atoms. The van der Waals surface area contributed by atoms with E-state index in [0.29, 0.717) is 0 Å². The molecule has 0 aliphatic heterocycles. The number of pyridine rings is 1. The Labute approximate surface area is 128 Å². The van der Waals surface area contributed by atoms with Gasteiger partial charge in [0.05, 0.1) is 0 Å². The van der Waals surface area contributed by atoms with Gasteiger partial charge in [0.2, 0.25) is 0 Å². The molecule has 0 saturated heterocycles. The quantitative estimate of drug-likeness (QED) is 0.814. The van der Waals surface area contributed by atoms with Crippen LogP contribution in [-0.2, 0) is 6.54 Å². The van der Waals surface area contributed by atoms with Crippen LogP contribution in [0.25, 0.3) is 10.8 Å². The van der Waals surface area contributed by atoms with E-state index in [1.165, 1.54) is 48.4 Å². The van der Waals surface area contributed by atoms with Gasteiger partial charge in [0.25, 0.3) is 0 Å². The summed E-state index contributed by atoms with van der Waals surface area (Å²) in [6.45, 7) is 4.52. The smallest absolute Gasteiger partial charge is 0.0346 e. The molecule has 2 atom stereocenters. The zero-order valence-corrected chi connectivity index (χ0v) is 13.0. The summed E-state index contributed by atoms with van der Waals surface area (Å²) in [5, 5.41) is 6.12. The van der Waals surface area contributed by atoms with Crippen LogP contribution in [0.1, 0.15) is 44.6 Å². The van der Waals surface area contributed by atoms with E-state index in [1.807, 2.05) is 12.4 Å². The number of hydrogen-bond acceptors (Lipinski definition) is 2. The summed E-state index contributed by atoms with van der Waals surface area (Å²) in [6, 6.07) is 8.73. The Balaban J connectivity index is 1.46. The number of nitrogens with zero attached hydrogens (tertiary/aromatic N) is 1. The average Bonchev–Trinajstić information content (AvgIpc) is 2.51. The molecule has 1 aromatic heterocycles. The Morgan fingerprint density at radius 1 is 1.19 bits per heavy atom. The summed E-state index contributed by atoms with van der Waals surface area (Å²) in [5.41, 5.74) is 1.37. The lowest BCUT2D eigenvalue weighted by Gasteiger charge is -2.26. The minimum atomic E-state index is 0.942. The average molecular weight is 282 g/mol. The third kappa shape index (κ3) is 4.04. The lowest BCUT2D eigenvalue weighted by atomic mass is 9.81. The van der Waals surface area contributed by atoms with Crippen LogP contribution >= 0.6 is 0 Å². The molecule has 112 valence electrons. The highest BCUT2D eigenvalue weighted by Gasteiger charge is 2.17. The summed E-state index contributed by atoms with van der Waals surface area (Å²) < 4.78 is 0. The minimum absolute atomic E-state index is 0.942. The summed E-state index contributed by atoms with van der Waals surface area (Å²) in [7, 11) is 0. The first kappa shape index (κ1) is 14.5. The molecule has 2 nitrogen and oxygen atoms in total. The topological polar surface area (TPSA) is 24.9 Å². The maximum Gasteiger partial charge on any atom is 0.0346 e. The fraction of sp³-hybridized carbons (Fsp3) is 0.526. The molecule has 1 N–H and O–H groups in total. The van der Waals surface area contributed by atoms with Crippen LogP contribution in [0.15, 0.2) is 36.7 Å². The lowest BCUT2D eigenvalue weighted by molar-refractivity contribution is 0.267. The normalized spacial score (nSPS) is 22.5. The molecule has 1 aliphatic carbocycles. The molecule has 1 saturated carbocycles. The molecule has 0 amide bonds. The summed E-state index contributed by atoms with van der Waals surface area (Å²) in [6.07, 6.45) is 10.9. The van der Waals surface area contributed by atoms with E-state index in [-0.39, 0.29) is 0 Å². The van der Waals surface area contributed by atoms with Gasteiger partial charge in [-0.05, 0) is 54.3 Å². The van der Waals surface area contributed by atoms with Crippen molar-refractivity contribution in [1.82, 2.24) is 10.3 Å². The summed E-state index contributed by atoms with van der Waals surface area (Å²) in [4.78, 5) is 4.16. The molecule has 1 heterocycles. The maximum absolute atomic E-state index is 4.16. The molecule has 2 unspecified atom stereocenters. The second-order valence-electron chi connectivity index (χ2n) is 6.66. The van der Waals surface area contributed by atoms with Crippen LogP contribution < -0.4 is 5.32 Å². The number of fused-ring (bicyclic) bond motifs is 1. The van der Waals surface area contributed by atoms with Gasteiger partial charge in [-0.3, -0.25) is 4.98 Å². The highest BCUT2D eigenvalue weighted by Crippen LogP contribution is 2.30. The highest BCUT2D eigenvalue weighted by atomic mass is 14.8. The van der Waals surface area contributed by atoms with Crippen molar-refractivity contribution in [3.63, 3.8) is 0 Å². The number of aromatic nitrogens is 1. The zero-order chi connectivity index (χ0) is 14.5. The number of nitrogens with one attached hydrogen (secondary N) is 1. The second kappa shape index (κ2) is 7.04. The first-order chi connectivity index (χ1) is 10.3. The Hall–Kier alpha value is -1.41. The van der Waals surface area contributed by atoms with E-state index < -0.39 is 0 Å². The first-order valence-electron chi connectivity index (χ1n) is 8.34. The molecular weight excluding hydrogens is 256 g/mol. The van der Waals surface area contributed by atoms with Gasteiger partial charge >= 0.3 is 0 Å². The molecule has 1 aliphatic rings. The molecule has 2 aromatic rings. The van der Waals surface area contributed by atoms with Crippen molar-refractivity contribution >= 4 is 10.8 Å². The van der Waals surface area contributed by atoms with Crippen LogP contribution in [0.5, 0.6) is 0 Å². The molecule has 0 radical (unpaired) electrons. The van der Waals surface area contributed by atoms with Gasteiger partial charge in [0.1, 0.15) is 0 Å². The monoisotopic (exact) mass is 282 g/mol. The molecular formula is C19H26N2. The fourth-order valence-corrected chi connectivity index (χ4v) is 3.60. The number of rotatable bonds is 5. The molecule has 3 rings (SSSR count). The fourth-order valence-electron chi connectivity index (χ4n) is 3.60. The Morgan fingerprint density at radius 3 is 3.05 bits per heavy atom. The Morgan fingerprint density at radius 2 is 2.14 bits per heavy atom. The first-order valence-corrected chi connectivity index (χ1v) is 8.34. The van der Waals surface area contributed by atoms with E-state index in [2.05, 4.69) is 41.5 Å². The predicted octanol–water partition coefficient (Wildman–Crippen LogP) is 4.54. The van der Waals surface area contributed by atoms with Gasteiger partial charge in [0.15, 0.2) is 0 Å². The van der Waals surface area contributed by atoms with Crippen molar-refractivity contribution in [3.8, 4) is 0 Å². The van der Waals surface area contributed by atoms with E-state index in [1.54, 1.807) is 0 Å². The van der Waals surface area contributed by atoms with Crippen molar-refractivity contribution < 1.29 is 0 Å². The summed E-state index contributed by atoms with van der Waals surface area (Å²) >= 11 is 0. The van der Waals surface area contributed by atoms with Crippen molar-refractivity contribution in [3.05, 3.63) is 42.2 Å². The van der Waals surface area contributed by atoms with E-state index in [9.17, 15) is 0 Å². The lowest BCUT2D eigenvalue weighted by Crippen LogP contribution is -2.21. The standard InChI is InChI=1S/C19H26N2/c1-15-3-2-4-16(11-15)7-9-20-13-17-5-6-19-14-21-10-8-18(19)12-17/h5-6,8,10,12,14-16,20H,2-4,7,9,11,13H2,1H3. The summed E-state index contributed by atoms with van der Waals surface area (Å²) in [5.74, 6) is 1.89. The Kier molecular flexibility index (Phi) is 4.87. The SMILES string of the molecule is CC1CCCC(CCNCc2ccc3cnccc3c2)C1.